The van der Waals surface area contributed by atoms with Crippen molar-refractivity contribution in [2.75, 3.05) is 20.2 Å². The summed E-state index contributed by atoms with van der Waals surface area (Å²) in [7, 11) is 1.66. The monoisotopic (exact) mass is 328 g/mol. The number of nitrogens with zero attached hydrogens (tertiary/aromatic N) is 4. The maximum absolute atomic E-state index is 11.8. The topological polar surface area (TPSA) is 60.2 Å². The predicted octanol–water partition coefficient (Wildman–Crippen LogP) is 2.28. The molecule has 6 nitrogen and oxygen atoms in total. The van der Waals surface area contributed by atoms with E-state index in [2.05, 4.69) is 10.1 Å². The lowest BCUT2D eigenvalue weighted by Gasteiger charge is -2.26. The van der Waals surface area contributed by atoms with Crippen LogP contribution in [0.4, 0.5) is 0 Å². The van der Waals surface area contributed by atoms with Crippen molar-refractivity contribution < 1.29 is 9.53 Å². The number of aryl methyl sites for hydroxylation is 1. The van der Waals surface area contributed by atoms with Gasteiger partial charge in [-0.15, -0.1) is 0 Å². The second-order valence-electron chi connectivity index (χ2n) is 6.12. The highest BCUT2D eigenvalue weighted by molar-refractivity contribution is 5.76. The van der Waals surface area contributed by atoms with Crippen LogP contribution in [0.15, 0.2) is 30.6 Å². The van der Waals surface area contributed by atoms with Crippen LogP contribution in [0.1, 0.15) is 37.1 Å². The van der Waals surface area contributed by atoms with Crippen LogP contribution in [0.2, 0.25) is 0 Å². The number of rotatable bonds is 7. The molecule has 0 bridgehead atoms. The second kappa shape index (κ2) is 7.95. The first-order chi connectivity index (χ1) is 11.8. The highest BCUT2D eigenvalue weighted by atomic mass is 16.5. The summed E-state index contributed by atoms with van der Waals surface area (Å²) in [6.07, 6.45) is 6.22. The number of benzene rings is 1. The van der Waals surface area contributed by atoms with Gasteiger partial charge in [-0.3, -0.25) is 4.79 Å². The lowest BCUT2D eigenvalue weighted by atomic mass is 10.1. The molecule has 0 radical (unpaired) electrons. The van der Waals surface area contributed by atoms with Crippen LogP contribution in [0, 0.1) is 0 Å². The molecule has 0 spiro atoms. The van der Waals surface area contributed by atoms with Gasteiger partial charge in [-0.1, -0.05) is 12.1 Å². The predicted molar refractivity (Wildman–Crippen MR) is 90.9 cm³/mol. The largest absolute Gasteiger partial charge is 0.497 e. The Hall–Kier alpha value is -2.37. The molecule has 128 valence electrons. The van der Waals surface area contributed by atoms with Gasteiger partial charge in [-0.2, -0.15) is 5.10 Å². The van der Waals surface area contributed by atoms with Crippen LogP contribution in [-0.4, -0.2) is 45.8 Å². The molecule has 0 atom stereocenters. The van der Waals surface area contributed by atoms with E-state index < -0.39 is 0 Å². The molecule has 0 aliphatic carbocycles. The van der Waals surface area contributed by atoms with Crippen LogP contribution >= 0.6 is 0 Å². The minimum absolute atomic E-state index is 0.293. The summed E-state index contributed by atoms with van der Waals surface area (Å²) in [5, 5.41) is 4.33. The maximum atomic E-state index is 11.8. The summed E-state index contributed by atoms with van der Waals surface area (Å²) in [4.78, 5) is 18.2. The number of carbonyl (C=O) groups is 1. The van der Waals surface area contributed by atoms with E-state index in [1.807, 2.05) is 33.8 Å². The molecular formula is C18H24N4O2. The molecule has 1 aromatic heterocycles. The van der Waals surface area contributed by atoms with E-state index in [1.54, 1.807) is 13.4 Å². The molecule has 3 rings (SSSR count). The summed E-state index contributed by atoms with van der Waals surface area (Å²) >= 11 is 0. The third-order valence-corrected chi connectivity index (χ3v) is 4.44. The third-order valence-electron chi connectivity index (χ3n) is 4.44. The van der Waals surface area contributed by atoms with Crippen molar-refractivity contribution in [3.8, 4) is 5.75 Å². The number of aromatic nitrogens is 3. The zero-order valence-electron chi connectivity index (χ0n) is 14.1. The summed E-state index contributed by atoms with van der Waals surface area (Å²) in [5.41, 5.74) is 1.16. The Morgan fingerprint density at radius 2 is 2.04 bits per heavy atom. The third kappa shape index (κ3) is 4.13. The summed E-state index contributed by atoms with van der Waals surface area (Å²) in [6.45, 7) is 2.41. The van der Waals surface area contributed by atoms with E-state index in [-0.39, 0.29) is 0 Å². The van der Waals surface area contributed by atoms with Crippen molar-refractivity contribution in [3.05, 3.63) is 42.0 Å². The molecule has 0 unspecified atom stereocenters. The van der Waals surface area contributed by atoms with E-state index >= 15 is 0 Å². The van der Waals surface area contributed by atoms with Gasteiger partial charge in [0.05, 0.1) is 13.7 Å². The van der Waals surface area contributed by atoms with E-state index in [0.29, 0.717) is 18.9 Å². The van der Waals surface area contributed by atoms with Gasteiger partial charge in [0.15, 0.2) is 0 Å². The first-order valence-corrected chi connectivity index (χ1v) is 8.53. The van der Waals surface area contributed by atoms with Crippen molar-refractivity contribution in [1.29, 1.82) is 0 Å². The fourth-order valence-electron chi connectivity index (χ4n) is 3.04. The first kappa shape index (κ1) is 16.5. The number of amides is 1. The summed E-state index contributed by atoms with van der Waals surface area (Å²) in [5.74, 6) is 2.11. The molecule has 24 heavy (non-hydrogen) atoms. The van der Waals surface area contributed by atoms with Crippen LogP contribution in [-0.2, 0) is 17.8 Å². The zero-order chi connectivity index (χ0) is 16.8. The van der Waals surface area contributed by atoms with Gasteiger partial charge < -0.3 is 9.64 Å². The van der Waals surface area contributed by atoms with Gasteiger partial charge in [0, 0.05) is 25.9 Å². The number of likely N-dealkylation sites (tertiary alicyclic amines) is 1. The summed E-state index contributed by atoms with van der Waals surface area (Å²) in [6, 6.07) is 7.98. The Morgan fingerprint density at radius 3 is 2.79 bits per heavy atom. The molecule has 0 saturated carbocycles. The molecule has 6 heteroatoms. The van der Waals surface area contributed by atoms with Gasteiger partial charge >= 0.3 is 0 Å². The van der Waals surface area contributed by atoms with E-state index in [4.69, 9.17) is 4.74 Å². The van der Waals surface area contributed by atoms with Crippen molar-refractivity contribution in [2.24, 2.45) is 0 Å². The van der Waals surface area contributed by atoms with Crippen LogP contribution in [0.25, 0.3) is 0 Å². The Morgan fingerprint density at radius 1 is 1.21 bits per heavy atom. The van der Waals surface area contributed by atoms with Gasteiger partial charge in [0.2, 0.25) is 5.91 Å². The molecule has 1 aromatic carbocycles. The lowest BCUT2D eigenvalue weighted by molar-refractivity contribution is -0.133. The minimum atomic E-state index is 0.293. The van der Waals surface area contributed by atoms with E-state index in [9.17, 15) is 4.79 Å². The Kier molecular flexibility index (Phi) is 5.46. The maximum Gasteiger partial charge on any atom is 0.222 e. The van der Waals surface area contributed by atoms with Crippen LogP contribution < -0.4 is 4.74 Å². The zero-order valence-corrected chi connectivity index (χ0v) is 14.1. The minimum Gasteiger partial charge on any atom is -0.497 e. The lowest BCUT2D eigenvalue weighted by Crippen LogP contribution is -2.36. The molecule has 1 aliphatic heterocycles. The molecule has 2 heterocycles. The number of ether oxygens (including phenoxy) is 1. The molecular weight excluding hydrogens is 304 g/mol. The van der Waals surface area contributed by atoms with Crippen molar-refractivity contribution in [1.82, 2.24) is 19.7 Å². The normalized spacial score (nSPS) is 14.9. The van der Waals surface area contributed by atoms with Crippen molar-refractivity contribution in [2.45, 2.75) is 38.6 Å². The molecule has 1 amide bonds. The Bertz CT molecular complexity index is 666. The Labute approximate surface area is 142 Å². The average molecular weight is 328 g/mol. The highest BCUT2D eigenvalue weighted by Crippen LogP contribution is 2.14. The van der Waals surface area contributed by atoms with Gasteiger partial charge in [0.25, 0.3) is 0 Å². The second-order valence-corrected chi connectivity index (χ2v) is 6.12. The fourth-order valence-corrected chi connectivity index (χ4v) is 3.04. The highest BCUT2D eigenvalue weighted by Gasteiger charge is 2.17. The standard InChI is InChI=1S/C18H24N4O2/c1-24-16-9-7-15(8-10-16)13-22-17(19-14-20-22)5-4-12-21-11-3-2-6-18(21)23/h7-10,14H,2-6,11-13H2,1H3. The summed E-state index contributed by atoms with van der Waals surface area (Å²) < 4.78 is 7.11. The molecule has 1 fully saturated rings. The van der Waals surface area contributed by atoms with E-state index in [1.165, 1.54) is 0 Å². The van der Waals surface area contributed by atoms with Crippen LogP contribution in [0.3, 0.4) is 0 Å². The number of piperidine rings is 1. The number of hydrogen-bond donors (Lipinski definition) is 0. The average Bonchev–Trinajstić information content (AvgIpc) is 3.04. The molecule has 1 aliphatic rings. The Balaban J connectivity index is 1.53. The van der Waals surface area contributed by atoms with E-state index in [0.717, 1.165) is 55.9 Å². The van der Waals surface area contributed by atoms with Gasteiger partial charge in [0.1, 0.15) is 17.9 Å². The molecule has 2 aromatic rings. The molecule has 1 saturated heterocycles. The number of hydrogen-bond acceptors (Lipinski definition) is 4. The van der Waals surface area contributed by atoms with Crippen molar-refractivity contribution in [3.63, 3.8) is 0 Å². The van der Waals surface area contributed by atoms with Crippen LogP contribution in [0.5, 0.6) is 5.75 Å². The van der Waals surface area contributed by atoms with Gasteiger partial charge in [-0.05, 0) is 37.0 Å². The van der Waals surface area contributed by atoms with Crippen molar-refractivity contribution >= 4 is 5.91 Å². The SMILES string of the molecule is COc1ccc(Cn2ncnc2CCCN2CCCCC2=O)cc1. The number of methoxy groups -OCH3 is 1. The quantitative estimate of drug-likeness (QED) is 0.782. The van der Waals surface area contributed by atoms with Gasteiger partial charge in [-0.25, -0.2) is 9.67 Å². The number of carbonyl (C=O) groups excluding carboxylic acids is 1. The first-order valence-electron chi connectivity index (χ1n) is 8.53. The fraction of sp³-hybridized carbons (Fsp3) is 0.500. The molecule has 0 N–H and O–H groups in total. The smallest absolute Gasteiger partial charge is 0.222 e.